The molecule has 0 aliphatic carbocycles. The fourth-order valence-corrected chi connectivity index (χ4v) is 3.71. The number of aliphatic hydroxyl groups excluding tert-OH is 4. The van der Waals surface area contributed by atoms with E-state index in [0.717, 1.165) is 0 Å². The Morgan fingerprint density at radius 1 is 1.31 bits per heavy atom. The monoisotopic (exact) mass is 439 g/mol. The van der Waals surface area contributed by atoms with Crippen LogP contribution in [-0.4, -0.2) is 85.0 Å². The van der Waals surface area contributed by atoms with E-state index in [1.54, 1.807) is 0 Å². The quantitative estimate of drug-likeness (QED) is 0.175. The van der Waals surface area contributed by atoms with E-state index in [-0.39, 0.29) is 22.2 Å². The van der Waals surface area contributed by atoms with Crippen molar-refractivity contribution in [3.63, 3.8) is 0 Å². The summed E-state index contributed by atoms with van der Waals surface area (Å²) in [4.78, 5) is 10.8. The molecule has 4 atom stereocenters. The molecule has 1 saturated heterocycles. The summed E-state index contributed by atoms with van der Waals surface area (Å²) in [7, 11) is 0. The molecule has 0 spiro atoms. The normalized spacial score (nSPS) is 25.8. The third-order valence-electron chi connectivity index (χ3n) is 3.37. The van der Waals surface area contributed by atoms with Gasteiger partial charge in [-0.2, -0.15) is 0 Å². The van der Waals surface area contributed by atoms with Crippen LogP contribution in [0.5, 0.6) is 5.75 Å². The van der Waals surface area contributed by atoms with Crippen LogP contribution in [0.25, 0.3) is 0 Å². The number of benzene rings is 1. The Hall–Kier alpha value is -1.43. The number of phenolic OH excluding ortho intramolecular Hbond substituents is 1. The molecule has 8 N–H and O–H groups in total. The molecule has 1 fully saturated rings. The maximum absolute atomic E-state index is 11.1. The van der Waals surface area contributed by atoms with Crippen LogP contribution in [0.2, 0.25) is 0 Å². The van der Waals surface area contributed by atoms with Gasteiger partial charge in [-0.05, 0) is 0 Å². The number of rotatable bonds is 3. The summed E-state index contributed by atoms with van der Waals surface area (Å²) in [6, 6.07) is 3.71. The molecule has 11 nitrogen and oxygen atoms in total. The molecule has 1 aromatic carbocycles. The average molecular weight is 439 g/mol. The largest absolute Gasteiger partial charge is 0.394 e. The van der Waals surface area contributed by atoms with E-state index in [0.29, 0.717) is 0 Å². The molecular weight excluding hydrogens is 417 g/mol. The van der Waals surface area contributed by atoms with Gasteiger partial charge in [-0.1, -0.05) is 0 Å². The van der Waals surface area contributed by atoms with E-state index in [4.69, 9.17) is 33.4 Å². The number of ether oxygens (including phenoxy) is 1. The van der Waals surface area contributed by atoms with Gasteiger partial charge < -0.3 is 25.2 Å². The van der Waals surface area contributed by atoms with Crippen molar-refractivity contribution in [3.05, 3.63) is 18.2 Å². The van der Waals surface area contributed by atoms with E-state index < -0.39 is 51.3 Å². The maximum Gasteiger partial charge on any atom is 0.157 e. The Labute approximate surface area is 151 Å². The van der Waals surface area contributed by atoms with Gasteiger partial charge in [-0.3, -0.25) is 0 Å². The van der Waals surface area contributed by atoms with E-state index in [9.17, 15) is 13.6 Å². The van der Waals surface area contributed by atoms with Gasteiger partial charge >= 0.3 is 88.1 Å². The summed E-state index contributed by atoms with van der Waals surface area (Å²) in [5, 5.41) is 47.2. The minimum absolute atomic E-state index is 0.0162. The number of hydrogen-bond acceptors (Lipinski definition) is 8. The van der Waals surface area contributed by atoms with Gasteiger partial charge in [0.2, 0.25) is 0 Å². The zero-order valence-corrected chi connectivity index (χ0v) is 15.6. The number of aliphatic hydroxyl groups is 4. The second-order valence-electron chi connectivity index (χ2n) is 5.50. The SMILES string of the molecule is CC(=O)Nc1c(O)cccc1[As](=O)(O)O.OC[C@H]1OC(O)C[C@@H](O)[C@@H]1O. The molecule has 0 saturated carbocycles. The summed E-state index contributed by atoms with van der Waals surface area (Å²) in [6.45, 7) is 0.776. The van der Waals surface area contributed by atoms with E-state index >= 15 is 0 Å². The molecular formula is C14H22AsNO10. The van der Waals surface area contributed by atoms with Gasteiger partial charge in [0.25, 0.3) is 0 Å². The Morgan fingerprint density at radius 2 is 1.92 bits per heavy atom. The summed E-state index contributed by atoms with van der Waals surface area (Å²) >= 11 is -5.14. The topological polar surface area (TPSA) is 197 Å². The summed E-state index contributed by atoms with van der Waals surface area (Å²) in [6.07, 6.45) is -4.11. The van der Waals surface area contributed by atoms with Gasteiger partial charge in [-0.25, -0.2) is 0 Å². The van der Waals surface area contributed by atoms with Crippen molar-refractivity contribution < 1.29 is 47.0 Å². The number of hydrogen-bond donors (Lipinski definition) is 8. The molecule has 0 radical (unpaired) electrons. The minimum Gasteiger partial charge on any atom is -0.394 e. The Balaban J connectivity index is 0.000000273. The van der Waals surface area contributed by atoms with Crippen LogP contribution in [-0.2, 0) is 13.3 Å². The first-order chi connectivity index (χ1) is 12.0. The van der Waals surface area contributed by atoms with Gasteiger partial charge in [-0.15, -0.1) is 0 Å². The van der Waals surface area contributed by atoms with E-state index in [1.807, 2.05) is 0 Å². The fraction of sp³-hybridized carbons (Fsp3) is 0.500. The van der Waals surface area contributed by atoms with Crippen molar-refractivity contribution in [2.75, 3.05) is 11.9 Å². The predicted octanol–water partition coefficient (Wildman–Crippen LogP) is -3.28. The standard InChI is InChI=1S/C8H10AsNO5.C6H12O5/c1-5(11)10-8-6(9(13,14)15)3-2-4-7(8)12;7-2-4-6(10)3(8)1-5(9)11-4/h2-4,12H,1H3,(H,10,11)(H2,13,14,15);3-10H,1-2H2/t;3-,4-,5?,6+/m.1/s1. The first kappa shape index (κ1) is 22.6. The molecule has 26 heavy (non-hydrogen) atoms. The van der Waals surface area contributed by atoms with E-state index in [1.165, 1.54) is 25.1 Å². The van der Waals surface area contributed by atoms with Crippen LogP contribution in [0.15, 0.2) is 18.2 Å². The first-order valence-electron chi connectivity index (χ1n) is 7.43. The van der Waals surface area contributed by atoms with Gasteiger partial charge in [0.15, 0.2) is 6.29 Å². The Kier molecular flexibility index (Phi) is 8.25. The van der Waals surface area contributed by atoms with Crippen LogP contribution in [0.4, 0.5) is 5.69 Å². The number of carbonyl (C=O) groups is 1. The molecule has 1 aliphatic heterocycles. The molecule has 1 heterocycles. The van der Waals surface area contributed by atoms with Crippen molar-refractivity contribution >= 4 is 30.1 Å². The average Bonchev–Trinajstić information content (AvgIpc) is 2.52. The number of phenols is 1. The smallest absolute Gasteiger partial charge is 0.157 e. The van der Waals surface area contributed by atoms with Crippen LogP contribution >= 0.6 is 0 Å². The molecule has 12 heteroatoms. The van der Waals surface area contributed by atoms with Gasteiger partial charge in [0, 0.05) is 6.42 Å². The van der Waals surface area contributed by atoms with Crippen LogP contribution in [0.1, 0.15) is 13.3 Å². The number of carbonyl (C=O) groups excluding carboxylic acids is 1. The molecule has 1 unspecified atom stereocenters. The number of anilines is 1. The van der Waals surface area contributed by atoms with Gasteiger partial charge in [0.1, 0.15) is 12.2 Å². The van der Waals surface area contributed by atoms with Crippen LogP contribution in [0, 0.1) is 0 Å². The Morgan fingerprint density at radius 3 is 2.42 bits per heavy atom. The second kappa shape index (κ2) is 9.49. The molecule has 1 aliphatic rings. The maximum atomic E-state index is 11.1. The number of para-hydroxylation sites is 1. The molecule has 1 aromatic rings. The summed E-state index contributed by atoms with van der Waals surface area (Å²) < 4.78 is 33.5. The molecule has 0 bridgehead atoms. The van der Waals surface area contributed by atoms with Crippen LogP contribution in [0.3, 0.4) is 0 Å². The van der Waals surface area contributed by atoms with Crippen molar-refractivity contribution in [2.45, 2.75) is 37.9 Å². The summed E-state index contributed by atoms with van der Waals surface area (Å²) in [5.41, 5.74) is -0.225. The molecule has 1 amide bonds. The van der Waals surface area contributed by atoms with Crippen molar-refractivity contribution in [1.82, 2.24) is 0 Å². The molecule has 0 aromatic heterocycles. The third kappa shape index (κ3) is 6.38. The third-order valence-corrected chi connectivity index (χ3v) is 5.46. The first-order valence-corrected chi connectivity index (χ1v) is 10.8. The molecule has 148 valence electrons. The van der Waals surface area contributed by atoms with E-state index in [2.05, 4.69) is 5.32 Å². The minimum atomic E-state index is -5.14. The zero-order chi connectivity index (χ0) is 20.1. The number of nitrogens with one attached hydrogen (secondary N) is 1. The molecule has 2 rings (SSSR count). The number of aromatic hydroxyl groups is 1. The van der Waals surface area contributed by atoms with Crippen molar-refractivity contribution in [3.8, 4) is 5.75 Å². The second-order valence-corrected chi connectivity index (χ2v) is 8.80. The van der Waals surface area contributed by atoms with Crippen molar-refractivity contribution in [1.29, 1.82) is 0 Å². The number of amides is 1. The fourth-order valence-electron chi connectivity index (χ4n) is 2.16. The van der Waals surface area contributed by atoms with Crippen LogP contribution < -0.4 is 9.67 Å². The zero-order valence-electron chi connectivity index (χ0n) is 13.8. The van der Waals surface area contributed by atoms with Crippen molar-refractivity contribution in [2.24, 2.45) is 0 Å². The van der Waals surface area contributed by atoms with Gasteiger partial charge in [0.05, 0.1) is 12.7 Å². The summed E-state index contributed by atoms with van der Waals surface area (Å²) in [5.74, 6) is -0.880. The Bertz CT molecular complexity index is 663. The predicted molar refractivity (Wildman–Crippen MR) is 87.5 cm³/mol.